The van der Waals surface area contributed by atoms with Gasteiger partial charge in [0.15, 0.2) is 0 Å². The Morgan fingerprint density at radius 3 is 2.57 bits per heavy atom. The highest BCUT2D eigenvalue weighted by molar-refractivity contribution is 9.10. The van der Waals surface area contributed by atoms with Crippen LogP contribution in [-0.2, 0) is 10.2 Å². The Morgan fingerprint density at radius 2 is 2.05 bits per heavy atom. The summed E-state index contributed by atoms with van der Waals surface area (Å²) in [6.45, 7) is 6.00. The first-order chi connectivity index (χ1) is 9.59. The number of hydrogen-bond acceptors (Lipinski definition) is 3. The van der Waals surface area contributed by atoms with Crippen molar-refractivity contribution in [1.29, 1.82) is 0 Å². The fourth-order valence-corrected chi connectivity index (χ4v) is 3.21. The van der Waals surface area contributed by atoms with Crippen LogP contribution in [0.3, 0.4) is 0 Å². The summed E-state index contributed by atoms with van der Waals surface area (Å²) in [4.78, 5) is 11.0. The molecule has 6 heteroatoms. The number of carbonyl (C=O) groups is 1. The number of nitrogens with two attached hydrogens (primary N) is 1. The van der Waals surface area contributed by atoms with Gasteiger partial charge in [0.25, 0.3) is 0 Å². The quantitative estimate of drug-likeness (QED) is 0.817. The molecule has 0 saturated carbocycles. The van der Waals surface area contributed by atoms with Gasteiger partial charge >= 0.3 is 6.09 Å². The summed E-state index contributed by atoms with van der Waals surface area (Å²) in [5, 5.41) is 3.08. The van der Waals surface area contributed by atoms with Crippen LogP contribution in [0.4, 0.5) is 9.18 Å². The van der Waals surface area contributed by atoms with Crippen LogP contribution in [0.2, 0.25) is 0 Å². The van der Waals surface area contributed by atoms with Crippen LogP contribution < -0.4 is 11.1 Å². The molecule has 0 heterocycles. The molecule has 0 aliphatic rings. The molecule has 1 aromatic rings. The lowest BCUT2D eigenvalue weighted by molar-refractivity contribution is 0.0222. The predicted octanol–water partition coefficient (Wildman–Crippen LogP) is 3.33. The maximum absolute atomic E-state index is 14.2. The second-order valence-corrected chi connectivity index (χ2v) is 6.99. The SMILES string of the molecule is CNCC(C)(CC(C)(C)OC(N)=O)c1cc(Br)ccc1F. The molecule has 1 unspecified atom stereocenters. The normalized spacial score (nSPS) is 14.6. The van der Waals surface area contributed by atoms with Crippen LogP contribution in [0.1, 0.15) is 32.8 Å². The zero-order valence-electron chi connectivity index (χ0n) is 12.8. The Morgan fingerprint density at radius 1 is 1.43 bits per heavy atom. The lowest BCUT2D eigenvalue weighted by atomic mass is 9.74. The molecule has 118 valence electrons. The molecule has 1 atom stereocenters. The zero-order valence-corrected chi connectivity index (χ0v) is 14.4. The molecule has 1 aromatic carbocycles. The molecule has 1 rings (SSSR count). The van der Waals surface area contributed by atoms with E-state index >= 15 is 0 Å². The van der Waals surface area contributed by atoms with Gasteiger partial charge in [0, 0.05) is 16.4 Å². The summed E-state index contributed by atoms with van der Waals surface area (Å²) in [7, 11) is 1.80. The number of hydrogen-bond donors (Lipinski definition) is 2. The molecule has 21 heavy (non-hydrogen) atoms. The van der Waals surface area contributed by atoms with Gasteiger partial charge in [-0.1, -0.05) is 22.9 Å². The summed E-state index contributed by atoms with van der Waals surface area (Å²) >= 11 is 3.37. The minimum absolute atomic E-state index is 0.286. The third-order valence-corrected chi connectivity index (χ3v) is 3.83. The van der Waals surface area contributed by atoms with Crippen LogP contribution >= 0.6 is 15.9 Å². The fraction of sp³-hybridized carbons (Fsp3) is 0.533. The molecular weight excluding hydrogens is 339 g/mol. The van der Waals surface area contributed by atoms with E-state index in [2.05, 4.69) is 21.2 Å². The average molecular weight is 361 g/mol. The number of benzene rings is 1. The molecule has 0 aliphatic carbocycles. The monoisotopic (exact) mass is 360 g/mol. The van der Waals surface area contributed by atoms with Crippen molar-refractivity contribution in [2.45, 2.75) is 38.2 Å². The highest BCUT2D eigenvalue weighted by atomic mass is 79.9. The largest absolute Gasteiger partial charge is 0.444 e. The summed E-state index contributed by atoms with van der Waals surface area (Å²) in [5.41, 5.74) is 4.31. The van der Waals surface area contributed by atoms with E-state index in [1.807, 2.05) is 6.92 Å². The first kappa shape index (κ1) is 17.9. The smallest absolute Gasteiger partial charge is 0.405 e. The molecule has 0 radical (unpaired) electrons. The van der Waals surface area contributed by atoms with Crippen molar-refractivity contribution in [1.82, 2.24) is 5.32 Å². The van der Waals surface area contributed by atoms with Gasteiger partial charge in [-0.25, -0.2) is 9.18 Å². The number of likely N-dealkylation sites (N-methyl/N-ethyl adjacent to an activating group) is 1. The number of nitrogens with one attached hydrogen (secondary N) is 1. The highest BCUT2D eigenvalue weighted by Gasteiger charge is 2.37. The molecule has 0 aromatic heterocycles. The third-order valence-electron chi connectivity index (χ3n) is 3.34. The summed E-state index contributed by atoms with van der Waals surface area (Å²) in [5.74, 6) is -0.286. The molecule has 1 amide bonds. The van der Waals surface area contributed by atoms with Crippen molar-refractivity contribution < 1.29 is 13.9 Å². The van der Waals surface area contributed by atoms with Gasteiger partial charge in [0.1, 0.15) is 11.4 Å². The van der Waals surface area contributed by atoms with Crippen LogP contribution in [-0.4, -0.2) is 25.3 Å². The van der Waals surface area contributed by atoms with E-state index in [0.29, 0.717) is 18.5 Å². The number of amides is 1. The maximum Gasteiger partial charge on any atom is 0.405 e. The first-order valence-electron chi connectivity index (χ1n) is 6.68. The van der Waals surface area contributed by atoms with Crippen LogP contribution in [0.5, 0.6) is 0 Å². The lowest BCUT2D eigenvalue weighted by Crippen LogP contribution is -2.43. The van der Waals surface area contributed by atoms with E-state index in [-0.39, 0.29) is 5.82 Å². The molecule has 0 bridgehead atoms. The van der Waals surface area contributed by atoms with E-state index in [1.54, 1.807) is 33.0 Å². The molecule has 0 spiro atoms. The average Bonchev–Trinajstić information content (AvgIpc) is 2.29. The maximum atomic E-state index is 14.2. The lowest BCUT2D eigenvalue weighted by Gasteiger charge is -2.37. The second kappa shape index (κ2) is 6.75. The number of rotatable bonds is 6. The van der Waals surface area contributed by atoms with Gasteiger partial charge < -0.3 is 15.8 Å². The standard InChI is InChI=1S/C15H22BrFN2O2/c1-14(2,21-13(18)20)8-15(3,9-19-4)11-7-10(16)5-6-12(11)17/h5-7,19H,8-9H2,1-4H3,(H2,18,20). The predicted molar refractivity (Wildman–Crippen MR) is 84.7 cm³/mol. The summed E-state index contributed by atoms with van der Waals surface area (Å²) < 4.78 is 20.2. The second-order valence-electron chi connectivity index (χ2n) is 6.07. The van der Waals surface area contributed by atoms with Crippen molar-refractivity contribution in [2.24, 2.45) is 5.73 Å². The van der Waals surface area contributed by atoms with E-state index in [9.17, 15) is 9.18 Å². The van der Waals surface area contributed by atoms with Gasteiger partial charge in [-0.15, -0.1) is 0 Å². The number of ether oxygens (including phenoxy) is 1. The summed E-state index contributed by atoms with van der Waals surface area (Å²) in [6.07, 6.45) is -0.404. The van der Waals surface area contributed by atoms with Gasteiger partial charge in [-0.2, -0.15) is 0 Å². The van der Waals surface area contributed by atoms with Crippen molar-refractivity contribution in [3.63, 3.8) is 0 Å². The van der Waals surface area contributed by atoms with Crippen molar-refractivity contribution >= 4 is 22.0 Å². The Bertz CT molecular complexity index is 522. The van der Waals surface area contributed by atoms with Crippen molar-refractivity contribution in [2.75, 3.05) is 13.6 Å². The molecule has 4 nitrogen and oxygen atoms in total. The fourth-order valence-electron chi connectivity index (χ4n) is 2.85. The zero-order chi connectivity index (χ0) is 16.3. The van der Waals surface area contributed by atoms with Gasteiger partial charge in [-0.3, -0.25) is 0 Å². The van der Waals surface area contributed by atoms with Gasteiger partial charge in [-0.05, 0) is 51.1 Å². The van der Waals surface area contributed by atoms with E-state index < -0.39 is 17.1 Å². The van der Waals surface area contributed by atoms with E-state index in [1.165, 1.54) is 6.07 Å². The summed E-state index contributed by atoms with van der Waals surface area (Å²) in [6, 6.07) is 4.84. The minimum Gasteiger partial charge on any atom is -0.444 e. The topological polar surface area (TPSA) is 64.3 Å². The van der Waals surface area contributed by atoms with Gasteiger partial charge in [0.05, 0.1) is 0 Å². The minimum atomic E-state index is -0.832. The molecule has 3 N–H and O–H groups in total. The van der Waals surface area contributed by atoms with Crippen molar-refractivity contribution in [3.05, 3.63) is 34.1 Å². The highest BCUT2D eigenvalue weighted by Crippen LogP contribution is 2.36. The molecular formula is C15H22BrFN2O2. The number of primary amides is 1. The Hall–Kier alpha value is -1.14. The van der Waals surface area contributed by atoms with Crippen LogP contribution in [0.25, 0.3) is 0 Å². The Kier molecular flexibility index (Phi) is 5.75. The number of halogens is 2. The van der Waals surface area contributed by atoms with E-state index in [4.69, 9.17) is 10.5 Å². The molecule has 0 aliphatic heterocycles. The van der Waals surface area contributed by atoms with Gasteiger partial charge in [0.2, 0.25) is 0 Å². The number of carbonyl (C=O) groups excluding carboxylic acids is 1. The van der Waals surface area contributed by atoms with Crippen LogP contribution in [0, 0.1) is 5.82 Å². The van der Waals surface area contributed by atoms with E-state index in [0.717, 1.165) is 4.47 Å². The molecule has 0 fully saturated rings. The first-order valence-corrected chi connectivity index (χ1v) is 7.47. The van der Waals surface area contributed by atoms with Crippen molar-refractivity contribution in [3.8, 4) is 0 Å². The van der Waals surface area contributed by atoms with Crippen LogP contribution in [0.15, 0.2) is 22.7 Å². The Balaban J connectivity index is 3.19. The Labute approximate surface area is 133 Å². The third kappa shape index (κ3) is 4.97. The molecule has 0 saturated heterocycles.